The van der Waals surface area contributed by atoms with E-state index < -0.39 is 97.5 Å². The summed E-state index contributed by atoms with van der Waals surface area (Å²) in [6.07, 6.45) is 58.2. The molecule has 17 nitrogen and oxygen atoms in total. The first-order chi connectivity index (χ1) is 48.6. The molecule has 0 aliphatic rings. The summed E-state index contributed by atoms with van der Waals surface area (Å²) in [4.78, 5) is 73.1. The van der Waals surface area contributed by atoms with Crippen LogP contribution in [0.25, 0.3) is 0 Å². The number of hydrogen-bond acceptors (Lipinski definition) is 15. The van der Waals surface area contributed by atoms with E-state index in [1.165, 1.54) is 218 Å². The number of ether oxygens (including phenoxy) is 4. The average molecular weight is 1480 g/mol. The minimum absolute atomic E-state index is 0.107. The van der Waals surface area contributed by atoms with Gasteiger partial charge in [0.15, 0.2) is 12.2 Å². The fourth-order valence-electron chi connectivity index (χ4n) is 12.6. The van der Waals surface area contributed by atoms with E-state index in [2.05, 4.69) is 55.4 Å². The second-order valence-electron chi connectivity index (χ2n) is 31.2. The maximum absolute atomic E-state index is 13.1. The van der Waals surface area contributed by atoms with Crippen LogP contribution in [-0.2, 0) is 65.4 Å². The van der Waals surface area contributed by atoms with Crippen LogP contribution in [0.3, 0.4) is 0 Å². The van der Waals surface area contributed by atoms with Gasteiger partial charge in [-0.25, -0.2) is 9.13 Å². The van der Waals surface area contributed by atoms with Crippen LogP contribution in [0, 0.1) is 23.7 Å². The number of rotatable bonds is 79. The maximum atomic E-state index is 13.1. The highest BCUT2D eigenvalue weighted by Gasteiger charge is 2.30. The SMILES string of the molecule is CCC(C)CCCCCCCCCCCCCCCCC(=O)O[C@H](COC(=O)CCCCCCCCCC(C)C)COP(=O)(O)OCC(O)COP(=O)(O)OC[C@@H](COC(=O)CCCCCCCCCCCCCCCC(C)C)OC(=O)CCCCCCCCCCCCCCCCC(C)C. The average Bonchev–Trinajstić information content (AvgIpc) is 0.919. The molecule has 0 aromatic rings. The topological polar surface area (TPSA) is 237 Å². The highest BCUT2D eigenvalue weighted by molar-refractivity contribution is 7.47. The van der Waals surface area contributed by atoms with Gasteiger partial charge in [-0.05, 0) is 49.4 Å². The minimum Gasteiger partial charge on any atom is -0.462 e. The molecule has 0 bridgehead atoms. The zero-order valence-corrected chi connectivity index (χ0v) is 68.3. The molecule has 0 heterocycles. The van der Waals surface area contributed by atoms with Crippen molar-refractivity contribution in [1.29, 1.82) is 0 Å². The first-order valence-corrected chi connectivity index (χ1v) is 45.2. The van der Waals surface area contributed by atoms with Crippen molar-refractivity contribution in [3.05, 3.63) is 0 Å². The number of phosphoric acid groups is 2. The highest BCUT2D eigenvalue weighted by atomic mass is 31.2. The Morgan fingerprint density at radius 1 is 0.277 bits per heavy atom. The first kappa shape index (κ1) is 99.1. The third kappa shape index (κ3) is 74.7. The molecule has 0 saturated carbocycles. The lowest BCUT2D eigenvalue weighted by molar-refractivity contribution is -0.161. The van der Waals surface area contributed by atoms with Gasteiger partial charge in [0.05, 0.1) is 26.4 Å². The minimum atomic E-state index is -4.96. The molecule has 3 N–H and O–H groups in total. The van der Waals surface area contributed by atoms with Crippen LogP contribution in [0.1, 0.15) is 421 Å². The molecule has 0 aliphatic carbocycles. The van der Waals surface area contributed by atoms with E-state index in [4.69, 9.17) is 37.0 Å². The van der Waals surface area contributed by atoms with E-state index in [1.807, 2.05) is 0 Å². The second-order valence-corrected chi connectivity index (χ2v) is 34.1. The smallest absolute Gasteiger partial charge is 0.462 e. The molecule has 0 fully saturated rings. The second kappa shape index (κ2) is 71.0. The van der Waals surface area contributed by atoms with Crippen molar-refractivity contribution in [1.82, 2.24) is 0 Å². The number of aliphatic hydroxyl groups excluding tert-OH is 1. The Hall–Kier alpha value is -1.94. The summed E-state index contributed by atoms with van der Waals surface area (Å²) >= 11 is 0. The summed E-state index contributed by atoms with van der Waals surface area (Å²) in [7, 11) is -9.92. The van der Waals surface area contributed by atoms with Gasteiger partial charge in [-0.15, -0.1) is 0 Å². The molecule has 0 saturated heterocycles. The van der Waals surface area contributed by atoms with Gasteiger partial charge in [0.2, 0.25) is 0 Å². The number of aliphatic hydroxyl groups is 1. The standard InChI is InChI=1S/C82H160O17P2/c1-9-75(8)61-53-45-37-29-23-17-11-13-19-26-32-40-49-57-65-82(87)99-78(69-93-80(85)63-55-47-41-33-36-44-52-60-74(6)7)71-97-101(90,91)95-67-76(83)66-94-100(88,89)96-70-77(68-92-79(84)62-54-46-38-30-24-20-14-16-22-28-35-43-51-59-73(4)5)98-81(86)64-56-48-39-31-25-18-12-10-15-21-27-34-42-50-58-72(2)3/h72-78,83H,9-71H2,1-8H3,(H,88,89)(H,90,91)/t75?,76?,77-,78-/m1/s1. The number of phosphoric ester groups is 2. The van der Waals surface area contributed by atoms with E-state index >= 15 is 0 Å². The lowest BCUT2D eigenvalue weighted by Crippen LogP contribution is -2.30. The van der Waals surface area contributed by atoms with E-state index in [-0.39, 0.29) is 25.7 Å². The van der Waals surface area contributed by atoms with Gasteiger partial charge >= 0.3 is 39.5 Å². The van der Waals surface area contributed by atoms with Crippen LogP contribution < -0.4 is 0 Å². The molecule has 19 heteroatoms. The molecule has 600 valence electrons. The number of hydrogen-bond donors (Lipinski definition) is 3. The molecule has 0 aromatic carbocycles. The summed E-state index contributed by atoms with van der Waals surface area (Å²) < 4.78 is 68.8. The first-order valence-electron chi connectivity index (χ1n) is 42.2. The molecule has 4 unspecified atom stereocenters. The summed E-state index contributed by atoms with van der Waals surface area (Å²) in [5.74, 6) is 1.02. The van der Waals surface area contributed by atoms with E-state index in [0.717, 1.165) is 114 Å². The fraction of sp³-hybridized carbons (Fsp3) is 0.951. The summed E-state index contributed by atoms with van der Waals surface area (Å²) in [5, 5.41) is 10.7. The molecular formula is C82H160O17P2. The van der Waals surface area contributed by atoms with E-state index in [9.17, 15) is 43.2 Å². The third-order valence-corrected chi connectivity index (χ3v) is 21.3. The Morgan fingerprint density at radius 3 is 0.703 bits per heavy atom. The molecule has 0 aliphatic heterocycles. The van der Waals surface area contributed by atoms with Crippen molar-refractivity contribution in [2.75, 3.05) is 39.6 Å². The predicted molar refractivity (Wildman–Crippen MR) is 414 cm³/mol. The van der Waals surface area contributed by atoms with Gasteiger partial charge in [0, 0.05) is 25.7 Å². The maximum Gasteiger partial charge on any atom is 0.472 e. The predicted octanol–water partition coefficient (Wildman–Crippen LogP) is 24.4. The molecule has 6 atom stereocenters. The third-order valence-electron chi connectivity index (χ3n) is 19.4. The molecule has 0 amide bonds. The molecule has 0 aromatic heterocycles. The van der Waals surface area contributed by atoms with Gasteiger partial charge in [-0.1, -0.05) is 370 Å². The van der Waals surface area contributed by atoms with Crippen LogP contribution >= 0.6 is 15.6 Å². The van der Waals surface area contributed by atoms with Crippen molar-refractivity contribution in [2.45, 2.75) is 440 Å². The molecule has 0 radical (unpaired) electrons. The van der Waals surface area contributed by atoms with Crippen LogP contribution in [-0.4, -0.2) is 96.7 Å². The molecular weight excluding hydrogens is 1320 g/mol. The number of esters is 4. The van der Waals surface area contributed by atoms with Gasteiger partial charge in [-0.2, -0.15) is 0 Å². The van der Waals surface area contributed by atoms with Crippen LogP contribution in [0.15, 0.2) is 0 Å². The summed E-state index contributed by atoms with van der Waals surface area (Å²) in [6.45, 7) is 14.3. The monoisotopic (exact) mass is 1480 g/mol. The van der Waals surface area contributed by atoms with E-state index in [0.29, 0.717) is 31.6 Å². The van der Waals surface area contributed by atoms with Gasteiger partial charge < -0.3 is 33.8 Å². The van der Waals surface area contributed by atoms with Crippen LogP contribution in [0.2, 0.25) is 0 Å². The number of unbranched alkanes of at least 4 members (excludes halogenated alkanes) is 44. The van der Waals surface area contributed by atoms with Crippen LogP contribution in [0.5, 0.6) is 0 Å². The van der Waals surface area contributed by atoms with Crippen molar-refractivity contribution < 1.29 is 80.2 Å². The van der Waals surface area contributed by atoms with Crippen molar-refractivity contribution in [2.24, 2.45) is 23.7 Å². The quantitative estimate of drug-likeness (QED) is 0.0222. The summed E-state index contributed by atoms with van der Waals surface area (Å²) in [6, 6.07) is 0. The lowest BCUT2D eigenvalue weighted by Gasteiger charge is -2.21. The molecule has 0 rings (SSSR count). The zero-order chi connectivity index (χ0) is 74.6. The van der Waals surface area contributed by atoms with Crippen molar-refractivity contribution in [3.63, 3.8) is 0 Å². The largest absolute Gasteiger partial charge is 0.472 e. The Labute approximate surface area is 619 Å². The Bertz CT molecular complexity index is 1970. The fourth-order valence-corrected chi connectivity index (χ4v) is 14.2. The van der Waals surface area contributed by atoms with Crippen molar-refractivity contribution >= 4 is 39.5 Å². The van der Waals surface area contributed by atoms with E-state index in [1.54, 1.807) is 0 Å². The van der Waals surface area contributed by atoms with Crippen LogP contribution in [0.4, 0.5) is 0 Å². The number of carbonyl (C=O) groups excluding carboxylic acids is 4. The molecule has 0 spiro atoms. The lowest BCUT2D eigenvalue weighted by atomic mass is 9.99. The van der Waals surface area contributed by atoms with Gasteiger partial charge in [0.1, 0.15) is 19.3 Å². The highest BCUT2D eigenvalue weighted by Crippen LogP contribution is 2.45. The number of carbonyl (C=O) groups is 4. The normalized spacial score (nSPS) is 14.3. The van der Waals surface area contributed by atoms with Gasteiger partial charge in [0.25, 0.3) is 0 Å². The zero-order valence-electron chi connectivity index (χ0n) is 66.5. The molecule has 101 heavy (non-hydrogen) atoms. The summed E-state index contributed by atoms with van der Waals surface area (Å²) in [5.41, 5.74) is 0. The van der Waals surface area contributed by atoms with Crippen molar-refractivity contribution in [3.8, 4) is 0 Å². The Morgan fingerprint density at radius 2 is 0.475 bits per heavy atom. The Balaban J connectivity index is 5.25. The Kier molecular flexibility index (Phi) is 69.6. The van der Waals surface area contributed by atoms with Gasteiger partial charge in [-0.3, -0.25) is 37.3 Å².